The molecule has 0 aromatic heterocycles. The van der Waals surface area contributed by atoms with Gasteiger partial charge in [-0.3, -0.25) is 4.79 Å². The molecule has 3 rings (SSSR count). The number of hydrogen-bond acceptors (Lipinski definition) is 4. The topological polar surface area (TPSA) is 77.0 Å². The molecule has 0 bridgehead atoms. The van der Waals surface area contributed by atoms with Crippen molar-refractivity contribution in [2.24, 2.45) is 0 Å². The molecule has 5 nitrogen and oxygen atoms in total. The number of carbonyl (C=O) groups excluding carboxylic acids is 1. The molecule has 1 heterocycles. The van der Waals surface area contributed by atoms with Crippen LogP contribution in [0.4, 0.5) is 0 Å². The molecule has 1 aliphatic heterocycles. The van der Waals surface area contributed by atoms with Crippen LogP contribution in [-0.4, -0.2) is 23.0 Å². The summed E-state index contributed by atoms with van der Waals surface area (Å²) in [5.41, 5.74) is 4.11. The molecule has 31 heavy (non-hydrogen) atoms. The van der Waals surface area contributed by atoms with Crippen molar-refractivity contribution >= 4 is 5.91 Å². The Hall–Kier alpha value is -2.32. The van der Waals surface area contributed by atoms with Crippen molar-refractivity contribution in [3.05, 3.63) is 46.7 Å². The fraction of sp³-hybridized carbons (Fsp3) is 0.615. The predicted molar refractivity (Wildman–Crippen MR) is 125 cm³/mol. The number of hydrogen-bond donors (Lipinski definition) is 3. The van der Waals surface area contributed by atoms with Gasteiger partial charge in [-0.1, -0.05) is 25.1 Å². The van der Waals surface area contributed by atoms with Gasteiger partial charge in [-0.25, -0.2) is 0 Å². The van der Waals surface area contributed by atoms with Crippen LogP contribution in [0.2, 0.25) is 0 Å². The summed E-state index contributed by atoms with van der Waals surface area (Å²) >= 11 is 0. The molecule has 0 spiro atoms. The molecule has 0 radical (unpaired) electrons. The van der Waals surface area contributed by atoms with Crippen LogP contribution in [0.3, 0.4) is 0 Å². The molecular weight excluding hydrogens is 384 g/mol. The number of nitriles is 1. The standard InChI is InChI=1S/C26H38N4O/c1-6-23(20-12-11-18-9-7-8-10-19(18)13-20)29-24(31)21(16-27)17-28-22-14-25(2,3)30-26(4,5)15-22/h11-13,17,22-23,28,30H,6-10,14-15H2,1-5H3,(H,29,31)/b21-17-. The zero-order chi connectivity index (χ0) is 22.6. The van der Waals surface area contributed by atoms with Crippen LogP contribution < -0.4 is 16.0 Å². The van der Waals surface area contributed by atoms with Gasteiger partial charge in [0.2, 0.25) is 0 Å². The number of nitrogens with zero attached hydrogens (tertiary/aromatic N) is 1. The molecule has 3 N–H and O–H groups in total. The number of benzene rings is 1. The Kier molecular flexibility index (Phi) is 7.11. The summed E-state index contributed by atoms with van der Waals surface area (Å²) < 4.78 is 0. The summed E-state index contributed by atoms with van der Waals surface area (Å²) in [6, 6.07) is 8.80. The van der Waals surface area contributed by atoms with Crippen molar-refractivity contribution in [2.45, 2.75) is 103 Å². The number of nitrogens with one attached hydrogen (secondary N) is 3. The highest BCUT2D eigenvalue weighted by Gasteiger charge is 2.37. The molecular formula is C26H38N4O. The Labute approximate surface area is 187 Å². The van der Waals surface area contributed by atoms with Crippen molar-refractivity contribution in [1.82, 2.24) is 16.0 Å². The van der Waals surface area contributed by atoms with Crippen molar-refractivity contribution in [3.63, 3.8) is 0 Å². The first kappa shape index (κ1) is 23.3. The maximum Gasteiger partial charge on any atom is 0.263 e. The maximum atomic E-state index is 12.9. The molecule has 1 atom stereocenters. The first-order valence-electron chi connectivity index (χ1n) is 11.7. The Morgan fingerprint density at radius 2 is 1.84 bits per heavy atom. The van der Waals surface area contributed by atoms with Gasteiger partial charge in [0, 0.05) is 23.3 Å². The molecule has 1 fully saturated rings. The van der Waals surface area contributed by atoms with Crippen LogP contribution >= 0.6 is 0 Å². The lowest BCUT2D eigenvalue weighted by Crippen LogP contribution is -2.61. The zero-order valence-electron chi connectivity index (χ0n) is 19.8. The number of aryl methyl sites for hydroxylation is 2. The number of fused-ring (bicyclic) bond motifs is 1. The third-order valence-corrected chi connectivity index (χ3v) is 6.51. The molecule has 168 valence electrons. The van der Waals surface area contributed by atoms with E-state index in [0.717, 1.165) is 37.7 Å². The normalized spacial score (nSPS) is 21.5. The quantitative estimate of drug-likeness (QED) is 0.468. The maximum absolute atomic E-state index is 12.9. The first-order chi connectivity index (χ1) is 14.6. The van der Waals surface area contributed by atoms with E-state index in [-0.39, 0.29) is 34.6 Å². The molecule has 0 saturated carbocycles. The minimum absolute atomic E-state index is 0.00206. The lowest BCUT2D eigenvalue weighted by molar-refractivity contribution is -0.117. The van der Waals surface area contributed by atoms with Crippen LogP contribution in [0.15, 0.2) is 30.0 Å². The van der Waals surface area contributed by atoms with Crippen molar-refractivity contribution in [3.8, 4) is 6.07 Å². The summed E-state index contributed by atoms with van der Waals surface area (Å²) in [4.78, 5) is 12.9. The fourth-order valence-electron chi connectivity index (χ4n) is 5.42. The smallest absolute Gasteiger partial charge is 0.263 e. The summed E-state index contributed by atoms with van der Waals surface area (Å²) in [5, 5.41) is 19.7. The molecule has 1 aromatic carbocycles. The van der Waals surface area contributed by atoms with E-state index in [2.05, 4.69) is 74.8 Å². The number of amides is 1. The zero-order valence-corrected chi connectivity index (χ0v) is 19.8. The second kappa shape index (κ2) is 9.44. The van der Waals surface area contributed by atoms with Crippen molar-refractivity contribution < 1.29 is 4.79 Å². The van der Waals surface area contributed by atoms with Gasteiger partial charge in [0.15, 0.2) is 0 Å². The summed E-state index contributed by atoms with van der Waals surface area (Å²) in [6.45, 7) is 10.8. The van der Waals surface area contributed by atoms with E-state index in [1.807, 2.05) is 0 Å². The largest absolute Gasteiger partial charge is 0.387 e. The van der Waals surface area contributed by atoms with E-state index in [1.54, 1.807) is 6.20 Å². The van der Waals surface area contributed by atoms with Gasteiger partial charge in [0.1, 0.15) is 11.6 Å². The Morgan fingerprint density at radius 3 is 2.45 bits per heavy atom. The second-order valence-corrected chi connectivity index (χ2v) is 10.5. The highest BCUT2D eigenvalue weighted by molar-refractivity contribution is 5.97. The molecule has 1 amide bonds. The predicted octanol–water partition coefficient (Wildman–Crippen LogP) is 4.44. The average Bonchev–Trinajstić information content (AvgIpc) is 2.69. The number of carbonyl (C=O) groups is 1. The monoisotopic (exact) mass is 422 g/mol. The van der Waals surface area contributed by atoms with E-state index < -0.39 is 0 Å². The van der Waals surface area contributed by atoms with Crippen LogP contribution in [0.5, 0.6) is 0 Å². The molecule has 1 saturated heterocycles. The van der Waals surface area contributed by atoms with Gasteiger partial charge in [0.05, 0.1) is 6.04 Å². The van der Waals surface area contributed by atoms with Crippen LogP contribution in [0.25, 0.3) is 0 Å². The van der Waals surface area contributed by atoms with E-state index in [1.165, 1.54) is 24.0 Å². The van der Waals surface area contributed by atoms with Crippen LogP contribution in [0.1, 0.15) is 89.5 Å². The molecule has 5 heteroatoms. The molecule has 1 aromatic rings. The van der Waals surface area contributed by atoms with Gasteiger partial charge in [-0.15, -0.1) is 0 Å². The molecule has 2 aliphatic rings. The Bertz CT molecular complexity index is 862. The average molecular weight is 423 g/mol. The Morgan fingerprint density at radius 1 is 1.19 bits per heavy atom. The van der Waals surface area contributed by atoms with Gasteiger partial charge in [-0.05, 0) is 89.3 Å². The third kappa shape index (κ3) is 6.11. The van der Waals surface area contributed by atoms with E-state index >= 15 is 0 Å². The van der Waals surface area contributed by atoms with E-state index in [0.29, 0.717) is 0 Å². The van der Waals surface area contributed by atoms with Crippen molar-refractivity contribution in [2.75, 3.05) is 0 Å². The van der Waals surface area contributed by atoms with Gasteiger partial charge < -0.3 is 16.0 Å². The SMILES string of the molecule is CCC(NC(=O)/C(C#N)=C\NC1CC(C)(C)NC(C)(C)C1)c1ccc2c(c1)CCCC2. The van der Waals surface area contributed by atoms with Crippen LogP contribution in [-0.2, 0) is 17.6 Å². The summed E-state index contributed by atoms with van der Waals surface area (Å²) in [5.74, 6) is -0.313. The van der Waals surface area contributed by atoms with Gasteiger partial charge in [0.25, 0.3) is 5.91 Å². The minimum atomic E-state index is -0.313. The van der Waals surface area contributed by atoms with E-state index in [9.17, 15) is 10.1 Å². The summed E-state index contributed by atoms with van der Waals surface area (Å²) in [6.07, 6.45) is 9.01. The highest BCUT2D eigenvalue weighted by Crippen LogP contribution is 2.29. The van der Waals surface area contributed by atoms with Gasteiger partial charge >= 0.3 is 0 Å². The highest BCUT2D eigenvalue weighted by atomic mass is 16.1. The summed E-state index contributed by atoms with van der Waals surface area (Å²) in [7, 11) is 0. The van der Waals surface area contributed by atoms with Gasteiger partial charge in [-0.2, -0.15) is 5.26 Å². The number of piperidine rings is 1. The lowest BCUT2D eigenvalue weighted by atomic mass is 9.79. The molecule has 1 aliphatic carbocycles. The van der Waals surface area contributed by atoms with Crippen LogP contribution in [0, 0.1) is 11.3 Å². The Balaban J connectivity index is 1.67. The molecule has 1 unspecified atom stereocenters. The second-order valence-electron chi connectivity index (χ2n) is 10.5. The third-order valence-electron chi connectivity index (χ3n) is 6.51. The fourth-order valence-corrected chi connectivity index (χ4v) is 5.42. The lowest BCUT2D eigenvalue weighted by Gasteiger charge is -2.46. The van der Waals surface area contributed by atoms with E-state index in [4.69, 9.17) is 0 Å². The van der Waals surface area contributed by atoms with Crippen molar-refractivity contribution in [1.29, 1.82) is 5.26 Å². The minimum Gasteiger partial charge on any atom is -0.387 e. The first-order valence-corrected chi connectivity index (χ1v) is 11.7. The number of rotatable bonds is 6.